The third kappa shape index (κ3) is 3.46. The lowest BCUT2D eigenvalue weighted by atomic mass is 10.2. The molecule has 24 heavy (non-hydrogen) atoms. The van der Waals surface area contributed by atoms with Crippen LogP contribution in [0, 0.1) is 33.0 Å². The summed E-state index contributed by atoms with van der Waals surface area (Å²) in [5.74, 6) is -1.85. The van der Waals surface area contributed by atoms with Crippen LogP contribution in [0.3, 0.4) is 0 Å². The average molecular weight is 356 g/mol. The lowest BCUT2D eigenvalue weighted by Gasteiger charge is -2.08. The maximum Gasteiger partial charge on any atom is 0.346 e. The molecule has 11 heteroatoms. The van der Waals surface area contributed by atoms with E-state index in [1.165, 1.54) is 13.0 Å². The van der Waals surface area contributed by atoms with Crippen LogP contribution in [-0.2, 0) is 10.1 Å². The fourth-order valence-electron chi connectivity index (χ4n) is 1.85. The molecular formula is C13H9FN2O7S. The van der Waals surface area contributed by atoms with Gasteiger partial charge in [-0.1, -0.05) is 6.07 Å². The number of aryl methyl sites for hydroxylation is 1. The van der Waals surface area contributed by atoms with E-state index >= 15 is 0 Å². The molecule has 0 radical (unpaired) electrons. The second kappa shape index (κ2) is 6.20. The van der Waals surface area contributed by atoms with E-state index in [1.807, 2.05) is 0 Å². The molecule has 0 fully saturated rings. The Labute approximate surface area is 134 Å². The highest BCUT2D eigenvalue weighted by Crippen LogP contribution is 2.33. The minimum Gasteiger partial charge on any atom is -0.371 e. The molecule has 126 valence electrons. The minimum absolute atomic E-state index is 0.428. The summed E-state index contributed by atoms with van der Waals surface area (Å²) >= 11 is 0. The molecule has 0 heterocycles. The summed E-state index contributed by atoms with van der Waals surface area (Å²) < 4.78 is 42.3. The van der Waals surface area contributed by atoms with Gasteiger partial charge in [0.05, 0.1) is 9.85 Å². The zero-order valence-corrected chi connectivity index (χ0v) is 12.8. The third-order valence-electron chi connectivity index (χ3n) is 2.90. The topological polar surface area (TPSA) is 130 Å². The van der Waals surface area contributed by atoms with Crippen molar-refractivity contribution in [1.82, 2.24) is 0 Å². The Hall–Kier alpha value is -3.08. The van der Waals surface area contributed by atoms with Crippen molar-refractivity contribution in [2.24, 2.45) is 0 Å². The van der Waals surface area contributed by atoms with Crippen molar-refractivity contribution >= 4 is 21.5 Å². The predicted molar refractivity (Wildman–Crippen MR) is 78.7 cm³/mol. The highest BCUT2D eigenvalue weighted by atomic mass is 32.2. The van der Waals surface area contributed by atoms with Crippen LogP contribution < -0.4 is 4.18 Å². The van der Waals surface area contributed by atoms with Gasteiger partial charge in [-0.25, -0.2) is 4.39 Å². The van der Waals surface area contributed by atoms with Gasteiger partial charge in [0, 0.05) is 18.2 Å². The van der Waals surface area contributed by atoms with Crippen LogP contribution in [0.4, 0.5) is 15.8 Å². The van der Waals surface area contributed by atoms with E-state index < -0.39 is 47.8 Å². The Morgan fingerprint density at radius 2 is 1.62 bits per heavy atom. The molecule has 2 aromatic carbocycles. The summed E-state index contributed by atoms with van der Waals surface area (Å²) in [5.41, 5.74) is -1.12. The van der Waals surface area contributed by atoms with E-state index in [-0.39, 0.29) is 0 Å². The van der Waals surface area contributed by atoms with Crippen LogP contribution in [0.25, 0.3) is 0 Å². The lowest BCUT2D eigenvalue weighted by Crippen LogP contribution is -2.13. The van der Waals surface area contributed by atoms with Crippen molar-refractivity contribution in [3.05, 3.63) is 68.0 Å². The van der Waals surface area contributed by atoms with Crippen LogP contribution in [0.1, 0.15) is 5.56 Å². The fourth-order valence-corrected chi connectivity index (χ4v) is 2.93. The maximum absolute atomic E-state index is 13.2. The number of rotatable bonds is 5. The van der Waals surface area contributed by atoms with E-state index in [2.05, 4.69) is 4.18 Å². The summed E-state index contributed by atoms with van der Waals surface area (Å²) in [6, 6.07) is 5.23. The molecule has 0 aliphatic rings. The van der Waals surface area contributed by atoms with E-state index in [9.17, 15) is 33.0 Å². The van der Waals surface area contributed by atoms with Gasteiger partial charge in [-0.3, -0.25) is 20.2 Å². The molecule has 0 unspecified atom stereocenters. The van der Waals surface area contributed by atoms with E-state index in [0.717, 1.165) is 24.3 Å². The van der Waals surface area contributed by atoms with Crippen LogP contribution >= 0.6 is 0 Å². The molecule has 0 aromatic heterocycles. The van der Waals surface area contributed by atoms with E-state index in [4.69, 9.17) is 0 Å². The Kier molecular flexibility index (Phi) is 4.46. The first-order chi connectivity index (χ1) is 11.1. The first-order valence-electron chi connectivity index (χ1n) is 6.25. The molecule has 0 N–H and O–H groups in total. The standard InChI is InChI=1S/C13H9FN2O7S/c1-8-2-5-13(11(6-8)16(19)20)24(21,22)23-12-7-9(14)3-4-10(12)15(17)18/h2-7H,1H3. The van der Waals surface area contributed by atoms with Crippen molar-refractivity contribution in [2.75, 3.05) is 0 Å². The molecule has 2 aromatic rings. The van der Waals surface area contributed by atoms with Crippen molar-refractivity contribution in [1.29, 1.82) is 0 Å². The summed E-state index contributed by atoms with van der Waals surface area (Å²) in [7, 11) is -4.79. The number of halogens is 1. The number of hydrogen-bond acceptors (Lipinski definition) is 7. The molecule has 0 aliphatic heterocycles. The second-order valence-corrected chi connectivity index (χ2v) is 6.15. The average Bonchev–Trinajstić information content (AvgIpc) is 2.46. The first kappa shape index (κ1) is 17.3. The summed E-state index contributed by atoms with van der Waals surface area (Å²) in [5, 5.41) is 21.9. The van der Waals surface area contributed by atoms with Crippen LogP contribution in [0.2, 0.25) is 0 Å². The van der Waals surface area contributed by atoms with Gasteiger partial charge in [-0.05, 0) is 24.6 Å². The Morgan fingerprint density at radius 3 is 2.21 bits per heavy atom. The van der Waals surface area contributed by atoms with Crippen molar-refractivity contribution < 1.29 is 26.8 Å². The molecular weight excluding hydrogens is 347 g/mol. The number of nitro benzene ring substituents is 2. The molecule has 0 saturated heterocycles. The molecule has 9 nitrogen and oxygen atoms in total. The van der Waals surface area contributed by atoms with Crippen molar-refractivity contribution in [3.8, 4) is 5.75 Å². The largest absolute Gasteiger partial charge is 0.371 e. The lowest BCUT2D eigenvalue weighted by molar-refractivity contribution is -0.388. The highest BCUT2D eigenvalue weighted by molar-refractivity contribution is 7.87. The van der Waals surface area contributed by atoms with E-state index in [0.29, 0.717) is 11.6 Å². The second-order valence-electron chi connectivity index (χ2n) is 4.63. The SMILES string of the molecule is Cc1ccc(S(=O)(=O)Oc2cc(F)ccc2[N+](=O)[O-])c([N+](=O)[O-])c1. The molecule has 0 bridgehead atoms. The van der Waals surface area contributed by atoms with Gasteiger partial charge in [0.2, 0.25) is 5.75 Å². The monoisotopic (exact) mass is 356 g/mol. The highest BCUT2D eigenvalue weighted by Gasteiger charge is 2.30. The predicted octanol–water partition coefficient (Wildman–Crippen LogP) is 2.72. The Morgan fingerprint density at radius 1 is 1.00 bits per heavy atom. The molecule has 0 spiro atoms. The molecule has 0 amide bonds. The number of nitrogens with zero attached hydrogens (tertiary/aromatic N) is 2. The molecule has 0 atom stereocenters. The molecule has 0 aliphatic carbocycles. The number of nitro groups is 2. The smallest absolute Gasteiger partial charge is 0.346 e. The Balaban J connectivity index is 2.57. The van der Waals surface area contributed by atoms with Gasteiger partial charge >= 0.3 is 15.8 Å². The summed E-state index contributed by atoms with van der Waals surface area (Å²) in [6.07, 6.45) is 0. The summed E-state index contributed by atoms with van der Waals surface area (Å²) in [4.78, 5) is 19.2. The van der Waals surface area contributed by atoms with Gasteiger partial charge in [0.1, 0.15) is 5.82 Å². The van der Waals surface area contributed by atoms with Crippen LogP contribution in [0.5, 0.6) is 5.75 Å². The van der Waals surface area contributed by atoms with Gasteiger partial charge in [0.25, 0.3) is 5.69 Å². The third-order valence-corrected chi connectivity index (χ3v) is 4.18. The number of benzene rings is 2. The Bertz CT molecular complexity index is 943. The normalized spacial score (nSPS) is 11.1. The van der Waals surface area contributed by atoms with Gasteiger partial charge in [-0.15, -0.1) is 0 Å². The minimum atomic E-state index is -4.79. The zero-order chi connectivity index (χ0) is 18.1. The first-order valence-corrected chi connectivity index (χ1v) is 7.66. The fraction of sp³-hybridized carbons (Fsp3) is 0.0769. The molecule has 2 rings (SSSR count). The van der Waals surface area contributed by atoms with Gasteiger partial charge in [0.15, 0.2) is 4.90 Å². The zero-order valence-electron chi connectivity index (χ0n) is 12.0. The van der Waals surface area contributed by atoms with Gasteiger partial charge in [-0.2, -0.15) is 8.42 Å². The summed E-state index contributed by atoms with van der Waals surface area (Å²) in [6.45, 7) is 1.52. The van der Waals surface area contributed by atoms with Crippen molar-refractivity contribution in [3.63, 3.8) is 0 Å². The maximum atomic E-state index is 13.2. The van der Waals surface area contributed by atoms with Gasteiger partial charge < -0.3 is 4.18 Å². The van der Waals surface area contributed by atoms with Crippen LogP contribution in [-0.4, -0.2) is 18.3 Å². The molecule has 0 saturated carbocycles. The van der Waals surface area contributed by atoms with Crippen LogP contribution in [0.15, 0.2) is 41.3 Å². The quantitative estimate of drug-likeness (QED) is 0.457. The van der Waals surface area contributed by atoms with E-state index in [1.54, 1.807) is 0 Å². The van der Waals surface area contributed by atoms with Crippen molar-refractivity contribution in [2.45, 2.75) is 11.8 Å². The number of hydrogen-bond donors (Lipinski definition) is 0.